The van der Waals surface area contributed by atoms with Crippen molar-refractivity contribution >= 4 is 49.6 Å². The van der Waals surface area contributed by atoms with Crippen LogP contribution in [0, 0.1) is 0 Å². The van der Waals surface area contributed by atoms with Crippen LogP contribution in [0.4, 0.5) is 17.1 Å². The number of benzene rings is 6. The zero-order chi connectivity index (χ0) is 24.7. The van der Waals surface area contributed by atoms with Crippen LogP contribution in [0.1, 0.15) is 25.0 Å². The van der Waals surface area contributed by atoms with Crippen molar-refractivity contribution < 1.29 is 0 Å². The summed E-state index contributed by atoms with van der Waals surface area (Å²) in [6.07, 6.45) is 0. The first kappa shape index (κ1) is 20.6. The molecular weight excluding hydrogens is 448 g/mol. The molecule has 7 aromatic rings. The molecule has 0 bridgehead atoms. The number of hydrogen-bond donors (Lipinski definition) is 1. The third-order valence-corrected chi connectivity index (χ3v) is 8.30. The summed E-state index contributed by atoms with van der Waals surface area (Å²) in [5, 5.41) is 5.21. The molecule has 176 valence electrons. The fraction of sp³-hybridized carbons (Fsp3) is 0.0857. The van der Waals surface area contributed by atoms with Crippen LogP contribution < -0.4 is 4.90 Å². The predicted octanol–water partition coefficient (Wildman–Crippen LogP) is 9.69. The van der Waals surface area contributed by atoms with Crippen molar-refractivity contribution in [3.63, 3.8) is 0 Å². The lowest BCUT2D eigenvalue weighted by atomic mass is 9.81. The first-order valence-corrected chi connectivity index (χ1v) is 13.0. The van der Waals surface area contributed by atoms with Gasteiger partial charge in [0.15, 0.2) is 0 Å². The Balaban J connectivity index is 1.46. The molecule has 0 saturated carbocycles. The monoisotopic (exact) mass is 474 g/mol. The fourth-order valence-electron chi connectivity index (χ4n) is 6.72. The number of nitrogens with zero attached hydrogens (tertiary/aromatic N) is 1. The Morgan fingerprint density at radius 2 is 1.30 bits per heavy atom. The van der Waals surface area contributed by atoms with Crippen LogP contribution in [0.5, 0.6) is 0 Å². The summed E-state index contributed by atoms with van der Waals surface area (Å²) in [4.78, 5) is 6.25. The smallest absolute Gasteiger partial charge is 0.0541 e. The molecule has 1 heterocycles. The number of fused-ring (bicyclic) bond motifs is 4. The van der Waals surface area contributed by atoms with Gasteiger partial charge < -0.3 is 9.88 Å². The van der Waals surface area contributed by atoms with E-state index in [9.17, 15) is 0 Å². The average molecular weight is 475 g/mol. The second-order valence-electron chi connectivity index (χ2n) is 10.7. The van der Waals surface area contributed by atoms with Crippen molar-refractivity contribution in [3.8, 4) is 11.1 Å². The summed E-state index contributed by atoms with van der Waals surface area (Å²) < 4.78 is 0. The number of hydrogen-bond acceptors (Lipinski definition) is 1. The number of H-pyrrole nitrogens is 1. The zero-order valence-electron chi connectivity index (χ0n) is 20.9. The average Bonchev–Trinajstić information content (AvgIpc) is 3.43. The summed E-state index contributed by atoms with van der Waals surface area (Å²) in [5.74, 6) is 0. The zero-order valence-corrected chi connectivity index (χ0v) is 20.9. The Bertz CT molecular complexity index is 1910. The first-order chi connectivity index (χ1) is 18.1. The topological polar surface area (TPSA) is 19.0 Å². The van der Waals surface area contributed by atoms with E-state index in [1.165, 1.54) is 60.5 Å². The van der Waals surface area contributed by atoms with Gasteiger partial charge in [-0.3, -0.25) is 0 Å². The van der Waals surface area contributed by atoms with E-state index in [2.05, 4.69) is 139 Å². The normalized spacial score (nSPS) is 13.9. The maximum Gasteiger partial charge on any atom is 0.0541 e. The Hall–Kier alpha value is -4.56. The number of rotatable bonds is 3. The highest BCUT2D eigenvalue weighted by molar-refractivity contribution is 6.27. The van der Waals surface area contributed by atoms with Crippen LogP contribution in [-0.2, 0) is 5.41 Å². The molecule has 1 aliphatic carbocycles. The molecule has 8 rings (SSSR count). The van der Waals surface area contributed by atoms with Gasteiger partial charge in [-0.2, -0.15) is 0 Å². The van der Waals surface area contributed by atoms with E-state index < -0.39 is 0 Å². The predicted molar refractivity (Wildman–Crippen MR) is 157 cm³/mol. The standard InChI is InChI=1S/C35H26N2/c1-35(2)28-16-10-9-15-25(28)27-21-22-17-18-26-30(20-19-29-32(26)31(22)34(36-29)33(27)35)37(23-11-5-3-6-12-23)24-13-7-4-8-14-24/h3-21,36H,1-2H3. The molecule has 1 aromatic heterocycles. The van der Waals surface area contributed by atoms with E-state index in [0.717, 1.165) is 11.4 Å². The molecule has 2 heteroatoms. The highest BCUT2D eigenvalue weighted by Crippen LogP contribution is 2.54. The van der Waals surface area contributed by atoms with Gasteiger partial charge in [-0.15, -0.1) is 0 Å². The van der Waals surface area contributed by atoms with Crippen molar-refractivity contribution in [2.24, 2.45) is 0 Å². The van der Waals surface area contributed by atoms with E-state index in [1.807, 2.05) is 0 Å². The van der Waals surface area contributed by atoms with Gasteiger partial charge in [0, 0.05) is 38.5 Å². The Morgan fingerprint density at radius 3 is 2.03 bits per heavy atom. The van der Waals surface area contributed by atoms with E-state index in [4.69, 9.17) is 0 Å². The molecule has 0 unspecified atom stereocenters. The minimum atomic E-state index is -0.0599. The Morgan fingerprint density at radius 1 is 0.622 bits per heavy atom. The number of aromatic amines is 1. The van der Waals surface area contributed by atoms with Crippen molar-refractivity contribution in [3.05, 3.63) is 126 Å². The van der Waals surface area contributed by atoms with E-state index in [1.54, 1.807) is 0 Å². The van der Waals surface area contributed by atoms with Gasteiger partial charge in [0.25, 0.3) is 0 Å². The summed E-state index contributed by atoms with van der Waals surface area (Å²) >= 11 is 0. The molecule has 6 aromatic carbocycles. The Kier molecular flexibility index (Phi) is 4.03. The largest absolute Gasteiger partial charge is 0.354 e. The minimum Gasteiger partial charge on any atom is -0.354 e. The molecule has 1 aliphatic rings. The van der Waals surface area contributed by atoms with Crippen molar-refractivity contribution in [1.82, 2.24) is 4.98 Å². The molecule has 0 atom stereocenters. The molecule has 0 amide bonds. The van der Waals surface area contributed by atoms with Crippen LogP contribution in [0.2, 0.25) is 0 Å². The number of nitrogens with one attached hydrogen (secondary N) is 1. The van der Waals surface area contributed by atoms with Crippen LogP contribution in [0.25, 0.3) is 43.7 Å². The van der Waals surface area contributed by atoms with Gasteiger partial charge in [-0.1, -0.05) is 86.6 Å². The second kappa shape index (κ2) is 7.24. The minimum absolute atomic E-state index is 0.0599. The highest BCUT2D eigenvalue weighted by Gasteiger charge is 2.38. The molecule has 2 nitrogen and oxygen atoms in total. The number of anilines is 3. The molecule has 0 aliphatic heterocycles. The SMILES string of the molecule is CC1(C)c2ccccc2-c2cc3ccc4c(N(c5ccccc5)c5ccccc5)ccc5[nH]c(c21)c3c54. The lowest BCUT2D eigenvalue weighted by Crippen LogP contribution is -2.15. The van der Waals surface area contributed by atoms with Gasteiger partial charge in [0.1, 0.15) is 0 Å². The molecule has 0 radical (unpaired) electrons. The first-order valence-electron chi connectivity index (χ1n) is 13.0. The lowest BCUT2D eigenvalue weighted by Gasteiger charge is -2.27. The van der Waals surface area contributed by atoms with E-state index in [0.29, 0.717) is 0 Å². The lowest BCUT2D eigenvalue weighted by molar-refractivity contribution is 0.665. The van der Waals surface area contributed by atoms with Crippen molar-refractivity contribution in [2.75, 3.05) is 4.90 Å². The number of para-hydroxylation sites is 2. The highest BCUT2D eigenvalue weighted by atomic mass is 15.1. The van der Waals surface area contributed by atoms with Gasteiger partial charge in [0.05, 0.1) is 11.2 Å². The van der Waals surface area contributed by atoms with Gasteiger partial charge in [-0.05, 0) is 70.1 Å². The third-order valence-electron chi connectivity index (χ3n) is 8.30. The van der Waals surface area contributed by atoms with Gasteiger partial charge in [0.2, 0.25) is 0 Å². The molecular formula is C35H26N2. The Labute approximate surface area is 216 Å². The van der Waals surface area contributed by atoms with Crippen molar-refractivity contribution in [2.45, 2.75) is 19.3 Å². The van der Waals surface area contributed by atoms with Crippen molar-refractivity contribution in [1.29, 1.82) is 0 Å². The van der Waals surface area contributed by atoms with E-state index in [-0.39, 0.29) is 5.41 Å². The quantitative estimate of drug-likeness (QED) is 0.253. The molecule has 1 N–H and O–H groups in total. The summed E-state index contributed by atoms with van der Waals surface area (Å²) in [6.45, 7) is 4.73. The second-order valence-corrected chi connectivity index (χ2v) is 10.7. The summed E-state index contributed by atoms with van der Waals surface area (Å²) in [7, 11) is 0. The van der Waals surface area contributed by atoms with Crippen LogP contribution in [0.15, 0.2) is 115 Å². The molecule has 0 spiro atoms. The summed E-state index contributed by atoms with van der Waals surface area (Å²) in [6, 6.07) is 41.8. The number of aromatic nitrogens is 1. The molecule has 0 fully saturated rings. The summed E-state index contributed by atoms with van der Waals surface area (Å²) in [5.41, 5.74) is 11.4. The van der Waals surface area contributed by atoms with Gasteiger partial charge in [-0.25, -0.2) is 0 Å². The molecule has 37 heavy (non-hydrogen) atoms. The van der Waals surface area contributed by atoms with Gasteiger partial charge >= 0.3 is 0 Å². The maximum absolute atomic E-state index is 3.88. The van der Waals surface area contributed by atoms with Crippen LogP contribution in [0.3, 0.4) is 0 Å². The maximum atomic E-state index is 3.88. The van der Waals surface area contributed by atoms with Crippen LogP contribution in [-0.4, -0.2) is 4.98 Å². The van der Waals surface area contributed by atoms with E-state index >= 15 is 0 Å². The fourth-order valence-corrected chi connectivity index (χ4v) is 6.72. The van der Waals surface area contributed by atoms with Crippen LogP contribution >= 0.6 is 0 Å². The molecule has 0 saturated heterocycles. The third kappa shape index (κ3) is 2.70.